The van der Waals surface area contributed by atoms with Gasteiger partial charge in [-0.2, -0.15) is 0 Å². The zero-order valence-corrected chi connectivity index (χ0v) is 10.7. The molecule has 1 amide bonds. The fraction of sp³-hybridized carbons (Fsp3) is 0.308. The normalized spacial score (nSPS) is 19.2. The fourth-order valence-corrected chi connectivity index (χ4v) is 2.23. The Morgan fingerprint density at radius 3 is 2.75 bits per heavy atom. The van der Waals surface area contributed by atoms with Crippen molar-refractivity contribution in [3.63, 3.8) is 0 Å². The van der Waals surface area contributed by atoms with Gasteiger partial charge in [-0.3, -0.25) is 9.78 Å². The molecule has 0 radical (unpaired) electrons. The zero-order chi connectivity index (χ0) is 14.3. The van der Waals surface area contributed by atoms with Gasteiger partial charge in [0, 0.05) is 25.2 Å². The molecule has 3 rings (SSSR count). The maximum atomic E-state index is 13.2. The van der Waals surface area contributed by atoms with Crippen LogP contribution in [0.2, 0.25) is 0 Å². The summed E-state index contributed by atoms with van der Waals surface area (Å²) in [6.45, 7) is 2.86. The van der Waals surface area contributed by atoms with Crippen LogP contribution in [0.5, 0.6) is 0 Å². The summed E-state index contributed by atoms with van der Waals surface area (Å²) in [6.07, 6.45) is 1.47. The lowest BCUT2D eigenvalue weighted by molar-refractivity contribution is -0.122. The van der Waals surface area contributed by atoms with Gasteiger partial charge in [0.05, 0.1) is 17.2 Å². The van der Waals surface area contributed by atoms with Crippen molar-refractivity contribution in [2.24, 2.45) is 0 Å². The van der Waals surface area contributed by atoms with Gasteiger partial charge in [0.1, 0.15) is 11.9 Å². The van der Waals surface area contributed by atoms with Crippen LogP contribution in [-0.2, 0) is 4.79 Å². The first kappa shape index (κ1) is 12.7. The number of carbonyl (C=O) groups is 1. The van der Waals surface area contributed by atoms with Crippen LogP contribution in [0.4, 0.5) is 14.6 Å². The van der Waals surface area contributed by atoms with Gasteiger partial charge in [-0.1, -0.05) is 0 Å². The second-order valence-electron chi connectivity index (χ2n) is 4.64. The van der Waals surface area contributed by atoms with E-state index in [1.54, 1.807) is 11.8 Å². The topological polar surface area (TPSA) is 58.1 Å². The molecule has 2 aromatic rings. The number of hydrogen-bond acceptors (Lipinski definition) is 4. The third-order valence-corrected chi connectivity index (χ3v) is 3.36. The number of rotatable bonds is 1. The van der Waals surface area contributed by atoms with E-state index in [4.69, 9.17) is 0 Å². The van der Waals surface area contributed by atoms with Crippen LogP contribution in [0.25, 0.3) is 11.0 Å². The maximum absolute atomic E-state index is 13.2. The Morgan fingerprint density at radius 2 is 2.00 bits per heavy atom. The van der Waals surface area contributed by atoms with Crippen molar-refractivity contribution >= 4 is 22.8 Å². The minimum Gasteiger partial charge on any atom is -0.353 e. The lowest BCUT2D eigenvalue weighted by atomic mass is 10.2. The molecule has 20 heavy (non-hydrogen) atoms. The lowest BCUT2D eigenvalue weighted by Gasteiger charge is -2.33. The van der Waals surface area contributed by atoms with Crippen LogP contribution in [0.3, 0.4) is 0 Å². The van der Waals surface area contributed by atoms with E-state index in [1.807, 2.05) is 0 Å². The van der Waals surface area contributed by atoms with Crippen LogP contribution in [0.1, 0.15) is 6.92 Å². The highest BCUT2D eigenvalue weighted by molar-refractivity contribution is 5.86. The number of halogens is 2. The average Bonchev–Trinajstić information content (AvgIpc) is 2.43. The summed E-state index contributed by atoms with van der Waals surface area (Å²) >= 11 is 0. The van der Waals surface area contributed by atoms with E-state index < -0.39 is 11.6 Å². The molecule has 104 valence electrons. The molecule has 7 heteroatoms. The van der Waals surface area contributed by atoms with Gasteiger partial charge in [-0.15, -0.1) is 0 Å². The minimum atomic E-state index is -0.964. The molecule has 0 bridgehead atoms. The second-order valence-corrected chi connectivity index (χ2v) is 4.64. The van der Waals surface area contributed by atoms with Gasteiger partial charge in [0.15, 0.2) is 11.6 Å². The molecule has 0 spiro atoms. The number of aromatic nitrogens is 2. The summed E-state index contributed by atoms with van der Waals surface area (Å²) in [5.74, 6) is -1.53. The SMILES string of the molecule is CC1C(=O)NCCN1c1cnc2cc(F)c(F)cc2n1. The van der Waals surface area contributed by atoms with E-state index in [9.17, 15) is 13.6 Å². The van der Waals surface area contributed by atoms with Crippen molar-refractivity contribution in [2.45, 2.75) is 13.0 Å². The van der Waals surface area contributed by atoms with E-state index in [0.717, 1.165) is 12.1 Å². The standard InChI is InChI=1S/C13H12F2N4O/c1-7-13(20)16-2-3-19(7)12-6-17-10-4-8(14)9(15)5-11(10)18-12/h4-7H,2-3H2,1H3,(H,16,20). The number of anilines is 1. The van der Waals surface area contributed by atoms with Crippen LogP contribution >= 0.6 is 0 Å². The molecule has 2 heterocycles. The van der Waals surface area contributed by atoms with Gasteiger partial charge in [0.2, 0.25) is 5.91 Å². The predicted molar refractivity (Wildman–Crippen MR) is 69.3 cm³/mol. The first-order valence-electron chi connectivity index (χ1n) is 6.22. The van der Waals surface area contributed by atoms with Gasteiger partial charge >= 0.3 is 0 Å². The van der Waals surface area contributed by atoms with Gasteiger partial charge in [-0.25, -0.2) is 13.8 Å². The van der Waals surface area contributed by atoms with Crippen molar-refractivity contribution in [2.75, 3.05) is 18.0 Å². The monoisotopic (exact) mass is 278 g/mol. The van der Waals surface area contributed by atoms with Gasteiger partial charge < -0.3 is 10.2 Å². The molecule has 1 fully saturated rings. The molecule has 1 aromatic heterocycles. The fourth-order valence-electron chi connectivity index (χ4n) is 2.23. The highest BCUT2D eigenvalue weighted by Gasteiger charge is 2.26. The number of nitrogens with zero attached hydrogens (tertiary/aromatic N) is 3. The Kier molecular flexibility index (Phi) is 2.96. The number of fused-ring (bicyclic) bond motifs is 1. The Morgan fingerprint density at radius 1 is 1.30 bits per heavy atom. The Hall–Kier alpha value is -2.31. The summed E-state index contributed by atoms with van der Waals surface area (Å²) in [5, 5.41) is 2.75. The molecular weight excluding hydrogens is 266 g/mol. The molecule has 1 N–H and O–H groups in total. The molecule has 1 atom stereocenters. The summed E-state index contributed by atoms with van der Waals surface area (Å²) < 4.78 is 26.4. The maximum Gasteiger partial charge on any atom is 0.242 e. The summed E-state index contributed by atoms with van der Waals surface area (Å²) in [5.41, 5.74) is 0.543. The van der Waals surface area contributed by atoms with Crippen LogP contribution < -0.4 is 10.2 Å². The van der Waals surface area contributed by atoms with Gasteiger partial charge in [0.25, 0.3) is 0 Å². The van der Waals surface area contributed by atoms with Crippen molar-refractivity contribution < 1.29 is 13.6 Å². The lowest BCUT2D eigenvalue weighted by Crippen LogP contribution is -2.54. The Balaban J connectivity index is 2.04. The van der Waals surface area contributed by atoms with Crippen LogP contribution in [0, 0.1) is 11.6 Å². The van der Waals surface area contributed by atoms with Gasteiger partial charge in [-0.05, 0) is 6.92 Å². The summed E-state index contributed by atoms with van der Waals surface area (Å²) in [7, 11) is 0. The third-order valence-electron chi connectivity index (χ3n) is 3.36. The molecule has 1 unspecified atom stereocenters. The smallest absolute Gasteiger partial charge is 0.242 e. The molecule has 1 aliphatic rings. The van der Waals surface area contributed by atoms with Crippen molar-refractivity contribution in [3.8, 4) is 0 Å². The Bertz CT molecular complexity index is 691. The summed E-state index contributed by atoms with van der Waals surface area (Å²) in [4.78, 5) is 21.8. The average molecular weight is 278 g/mol. The number of benzene rings is 1. The zero-order valence-electron chi connectivity index (χ0n) is 10.7. The molecule has 1 saturated heterocycles. The van der Waals surface area contributed by atoms with Crippen molar-refractivity contribution in [1.82, 2.24) is 15.3 Å². The number of nitrogens with one attached hydrogen (secondary N) is 1. The minimum absolute atomic E-state index is 0.0940. The van der Waals surface area contributed by atoms with Crippen molar-refractivity contribution in [3.05, 3.63) is 30.0 Å². The largest absolute Gasteiger partial charge is 0.353 e. The highest BCUT2D eigenvalue weighted by atomic mass is 19.2. The molecule has 1 aromatic carbocycles. The first-order chi connectivity index (χ1) is 9.56. The quantitative estimate of drug-likeness (QED) is 0.852. The molecule has 5 nitrogen and oxygen atoms in total. The van der Waals surface area contributed by atoms with Crippen LogP contribution in [-0.4, -0.2) is 35.0 Å². The Labute approximate surface area is 113 Å². The van der Waals surface area contributed by atoms with E-state index >= 15 is 0 Å². The molecule has 0 saturated carbocycles. The number of piperazine rings is 1. The van der Waals surface area contributed by atoms with E-state index in [1.165, 1.54) is 6.20 Å². The molecule has 0 aliphatic carbocycles. The molecule has 1 aliphatic heterocycles. The van der Waals surface area contributed by atoms with E-state index in [0.29, 0.717) is 18.9 Å². The number of carbonyl (C=O) groups excluding carboxylic acids is 1. The predicted octanol–water partition coefficient (Wildman–Crippen LogP) is 1.23. The third kappa shape index (κ3) is 2.04. The molecular formula is C13H12F2N4O. The highest BCUT2D eigenvalue weighted by Crippen LogP contribution is 2.20. The van der Waals surface area contributed by atoms with Crippen LogP contribution in [0.15, 0.2) is 18.3 Å². The first-order valence-corrected chi connectivity index (χ1v) is 6.22. The second kappa shape index (κ2) is 4.66. The summed E-state index contributed by atoms with van der Waals surface area (Å²) in [6, 6.07) is 1.64. The van der Waals surface area contributed by atoms with E-state index in [-0.39, 0.29) is 23.0 Å². The van der Waals surface area contributed by atoms with E-state index in [2.05, 4.69) is 15.3 Å². The van der Waals surface area contributed by atoms with Crippen molar-refractivity contribution in [1.29, 1.82) is 0 Å². The number of hydrogen-bond donors (Lipinski definition) is 1. The number of amides is 1.